The lowest BCUT2D eigenvalue weighted by Gasteiger charge is -2.33. The van der Waals surface area contributed by atoms with Crippen molar-refractivity contribution >= 4 is 17.7 Å². The molecule has 0 saturated heterocycles. The Hall–Kier alpha value is -1.85. The first-order chi connectivity index (χ1) is 7.56. The van der Waals surface area contributed by atoms with Crippen LogP contribution in [0.15, 0.2) is 6.20 Å². The van der Waals surface area contributed by atoms with Gasteiger partial charge in [0.2, 0.25) is 5.95 Å². The number of nitrogens with zero attached hydrogens (tertiary/aromatic N) is 2. The van der Waals surface area contributed by atoms with Crippen LogP contribution in [-0.4, -0.2) is 21.9 Å². The minimum absolute atomic E-state index is 0.123. The minimum atomic E-state index is -0.610. The minimum Gasteiger partial charge on any atom is -0.383 e. The van der Waals surface area contributed by atoms with Crippen LogP contribution >= 0.6 is 0 Å². The average molecular weight is 221 g/mol. The molecule has 6 nitrogen and oxygen atoms in total. The molecular formula is C10H15N5O. The molecule has 0 radical (unpaired) electrons. The largest absolute Gasteiger partial charge is 0.383 e. The van der Waals surface area contributed by atoms with Crippen molar-refractivity contribution in [2.45, 2.75) is 25.8 Å². The van der Waals surface area contributed by atoms with Gasteiger partial charge in [-0.1, -0.05) is 6.92 Å². The Balaban J connectivity index is 2.06. The number of rotatable bonds is 3. The number of anilines is 2. The predicted octanol–water partition coefficient (Wildman–Crippen LogP) is 0.368. The van der Waals surface area contributed by atoms with Crippen LogP contribution in [0.25, 0.3) is 0 Å². The monoisotopic (exact) mass is 221 g/mol. The fourth-order valence-corrected chi connectivity index (χ4v) is 1.86. The van der Waals surface area contributed by atoms with Crippen molar-refractivity contribution in [2.24, 2.45) is 11.7 Å². The molecule has 16 heavy (non-hydrogen) atoms. The van der Waals surface area contributed by atoms with E-state index in [1.807, 2.05) is 0 Å². The number of nitrogen functional groups attached to an aromatic ring is 1. The summed E-state index contributed by atoms with van der Waals surface area (Å²) in [6, 6.07) is 0.411. The van der Waals surface area contributed by atoms with Gasteiger partial charge >= 0.3 is 0 Å². The van der Waals surface area contributed by atoms with Crippen LogP contribution in [0, 0.1) is 5.92 Å². The normalized spacial score (nSPS) is 23.6. The van der Waals surface area contributed by atoms with E-state index < -0.39 is 5.91 Å². The van der Waals surface area contributed by atoms with Crippen LogP contribution < -0.4 is 16.8 Å². The number of carbonyl (C=O) groups is 1. The van der Waals surface area contributed by atoms with Gasteiger partial charge in [0.1, 0.15) is 5.82 Å². The van der Waals surface area contributed by atoms with E-state index >= 15 is 0 Å². The summed E-state index contributed by atoms with van der Waals surface area (Å²) < 4.78 is 0. The third kappa shape index (κ3) is 2.05. The summed E-state index contributed by atoms with van der Waals surface area (Å²) in [7, 11) is 0. The summed E-state index contributed by atoms with van der Waals surface area (Å²) in [5, 5.41) is 3.16. The van der Waals surface area contributed by atoms with Crippen molar-refractivity contribution < 1.29 is 4.79 Å². The molecule has 0 unspecified atom stereocenters. The lowest BCUT2D eigenvalue weighted by molar-refractivity contribution is 0.100. The topological polar surface area (TPSA) is 107 Å². The van der Waals surface area contributed by atoms with Crippen LogP contribution in [0.5, 0.6) is 0 Å². The van der Waals surface area contributed by atoms with Gasteiger partial charge in [0.25, 0.3) is 5.91 Å². The fraction of sp³-hybridized carbons (Fsp3) is 0.500. The molecule has 0 aromatic carbocycles. The van der Waals surface area contributed by atoms with E-state index in [0.29, 0.717) is 12.0 Å². The van der Waals surface area contributed by atoms with Gasteiger partial charge in [-0.05, 0) is 18.8 Å². The molecule has 1 saturated carbocycles. The van der Waals surface area contributed by atoms with E-state index in [2.05, 4.69) is 22.2 Å². The molecule has 1 amide bonds. The lowest BCUT2D eigenvalue weighted by atomic mass is 9.82. The summed E-state index contributed by atoms with van der Waals surface area (Å²) in [5.41, 5.74) is 10.9. The second-order valence-corrected chi connectivity index (χ2v) is 4.27. The first-order valence-electron chi connectivity index (χ1n) is 5.25. The van der Waals surface area contributed by atoms with E-state index in [9.17, 15) is 4.79 Å². The third-order valence-corrected chi connectivity index (χ3v) is 2.79. The molecule has 1 fully saturated rings. The molecule has 1 aliphatic carbocycles. The van der Waals surface area contributed by atoms with E-state index in [4.69, 9.17) is 11.5 Å². The first-order valence-corrected chi connectivity index (χ1v) is 5.25. The summed E-state index contributed by atoms with van der Waals surface area (Å²) in [6.07, 6.45) is 3.58. The average Bonchev–Trinajstić information content (AvgIpc) is 2.15. The summed E-state index contributed by atoms with van der Waals surface area (Å²) >= 11 is 0. The molecule has 1 heterocycles. The first kappa shape index (κ1) is 10.7. The fourth-order valence-electron chi connectivity index (χ4n) is 1.86. The van der Waals surface area contributed by atoms with Crippen LogP contribution in [0.3, 0.4) is 0 Å². The molecule has 2 rings (SSSR count). The van der Waals surface area contributed by atoms with Gasteiger partial charge in [-0.2, -0.15) is 4.98 Å². The maximum atomic E-state index is 10.9. The van der Waals surface area contributed by atoms with E-state index in [0.717, 1.165) is 18.8 Å². The van der Waals surface area contributed by atoms with Gasteiger partial charge < -0.3 is 16.8 Å². The molecule has 86 valence electrons. The summed E-state index contributed by atoms with van der Waals surface area (Å²) in [6.45, 7) is 2.20. The molecule has 0 atom stereocenters. The van der Waals surface area contributed by atoms with Crippen molar-refractivity contribution in [1.82, 2.24) is 9.97 Å². The Kier molecular flexibility index (Phi) is 2.64. The quantitative estimate of drug-likeness (QED) is 0.683. The highest BCUT2D eigenvalue weighted by molar-refractivity contribution is 5.96. The highest BCUT2D eigenvalue weighted by Crippen LogP contribution is 2.28. The number of aromatic nitrogens is 2. The Morgan fingerprint density at radius 2 is 2.25 bits per heavy atom. The highest BCUT2D eigenvalue weighted by atomic mass is 16.1. The molecule has 1 aromatic heterocycles. The van der Waals surface area contributed by atoms with Crippen LogP contribution in [0.1, 0.15) is 30.1 Å². The zero-order valence-corrected chi connectivity index (χ0v) is 9.10. The van der Waals surface area contributed by atoms with Crippen molar-refractivity contribution in [2.75, 3.05) is 11.1 Å². The number of hydrogen-bond acceptors (Lipinski definition) is 5. The molecule has 0 spiro atoms. The maximum absolute atomic E-state index is 10.9. The lowest BCUT2D eigenvalue weighted by Crippen LogP contribution is -2.34. The molecule has 6 heteroatoms. The number of amides is 1. The molecule has 5 N–H and O–H groups in total. The molecule has 1 aromatic rings. The zero-order valence-electron chi connectivity index (χ0n) is 9.10. The molecule has 1 aliphatic rings. The van der Waals surface area contributed by atoms with Crippen LogP contribution in [0.2, 0.25) is 0 Å². The Bertz CT molecular complexity index is 414. The molecule has 0 aliphatic heterocycles. The Morgan fingerprint density at radius 3 is 2.75 bits per heavy atom. The van der Waals surface area contributed by atoms with Gasteiger partial charge in [0.05, 0.1) is 5.56 Å². The van der Waals surface area contributed by atoms with Gasteiger partial charge in [-0.15, -0.1) is 0 Å². The summed E-state index contributed by atoms with van der Waals surface area (Å²) in [4.78, 5) is 18.9. The standard InChI is InChI=1S/C10H15N5O/c1-5-2-6(3-5)14-10-13-4-7(9(12)16)8(11)15-10/h4-6H,2-3H2,1H3,(H2,12,16)(H3,11,13,14,15)/t5-,6+. The summed E-state index contributed by atoms with van der Waals surface area (Å²) in [5.74, 6) is 0.720. The van der Waals surface area contributed by atoms with E-state index in [1.54, 1.807) is 0 Å². The van der Waals surface area contributed by atoms with Crippen molar-refractivity contribution in [1.29, 1.82) is 0 Å². The second kappa shape index (κ2) is 3.96. The Morgan fingerprint density at radius 1 is 1.56 bits per heavy atom. The second-order valence-electron chi connectivity index (χ2n) is 4.27. The van der Waals surface area contributed by atoms with Gasteiger partial charge in [-0.3, -0.25) is 4.79 Å². The Labute approximate surface area is 93.4 Å². The van der Waals surface area contributed by atoms with Crippen molar-refractivity contribution in [3.8, 4) is 0 Å². The smallest absolute Gasteiger partial charge is 0.254 e. The third-order valence-electron chi connectivity index (χ3n) is 2.79. The van der Waals surface area contributed by atoms with Crippen molar-refractivity contribution in [3.05, 3.63) is 11.8 Å². The number of hydrogen-bond donors (Lipinski definition) is 3. The predicted molar refractivity (Wildman–Crippen MR) is 60.8 cm³/mol. The van der Waals surface area contributed by atoms with E-state index in [1.165, 1.54) is 6.20 Å². The number of nitrogens with one attached hydrogen (secondary N) is 1. The van der Waals surface area contributed by atoms with Gasteiger partial charge in [0, 0.05) is 12.2 Å². The van der Waals surface area contributed by atoms with Crippen LogP contribution in [-0.2, 0) is 0 Å². The number of nitrogens with two attached hydrogens (primary N) is 2. The molecular weight excluding hydrogens is 206 g/mol. The van der Waals surface area contributed by atoms with Crippen LogP contribution in [0.4, 0.5) is 11.8 Å². The SMILES string of the molecule is C[C@H]1C[C@@H](Nc2ncc(C(N)=O)c(N)n2)C1. The molecule has 0 bridgehead atoms. The highest BCUT2D eigenvalue weighted by Gasteiger charge is 2.25. The maximum Gasteiger partial charge on any atom is 0.254 e. The van der Waals surface area contributed by atoms with Crippen molar-refractivity contribution in [3.63, 3.8) is 0 Å². The van der Waals surface area contributed by atoms with E-state index in [-0.39, 0.29) is 11.4 Å². The number of carbonyl (C=O) groups excluding carboxylic acids is 1. The van der Waals surface area contributed by atoms with Gasteiger partial charge in [-0.25, -0.2) is 4.98 Å². The number of primary amides is 1. The zero-order chi connectivity index (χ0) is 11.7. The van der Waals surface area contributed by atoms with Gasteiger partial charge in [0.15, 0.2) is 0 Å².